The van der Waals surface area contributed by atoms with Crippen molar-refractivity contribution in [2.45, 2.75) is 0 Å². The molecule has 1 heterocycles. The Morgan fingerprint density at radius 1 is 0.632 bits per heavy atom. The van der Waals surface area contributed by atoms with Gasteiger partial charge in [0.15, 0.2) is 0 Å². The average molecular weight is 280 g/mol. The zero-order valence-electron chi connectivity index (χ0n) is 10.2. The van der Waals surface area contributed by atoms with Crippen LogP contribution in [0.3, 0.4) is 0 Å². The summed E-state index contributed by atoms with van der Waals surface area (Å²) in [5, 5.41) is 0. The number of benzene rings is 2. The molecule has 1 aromatic heterocycles. The van der Waals surface area contributed by atoms with E-state index in [1.165, 1.54) is 20.9 Å². The van der Waals surface area contributed by atoms with E-state index in [4.69, 9.17) is 12.2 Å². The third-order valence-corrected chi connectivity index (χ3v) is 4.27. The maximum atomic E-state index is 5.39. The molecule has 0 fully saturated rings. The van der Waals surface area contributed by atoms with E-state index in [1.807, 2.05) is 12.1 Å². The second kappa shape index (κ2) is 5.47. The van der Waals surface area contributed by atoms with Crippen molar-refractivity contribution in [1.82, 2.24) is 0 Å². The van der Waals surface area contributed by atoms with Gasteiger partial charge in [0.25, 0.3) is 0 Å². The van der Waals surface area contributed by atoms with Gasteiger partial charge in [0.1, 0.15) is 0 Å². The Hall–Kier alpha value is -1.77. The van der Waals surface area contributed by atoms with E-state index in [2.05, 4.69) is 60.7 Å². The zero-order valence-corrected chi connectivity index (χ0v) is 11.9. The number of hydrogen-bond acceptors (Lipinski definition) is 2. The van der Waals surface area contributed by atoms with E-state index >= 15 is 0 Å². The Balaban J connectivity index is 2.15. The van der Waals surface area contributed by atoms with E-state index < -0.39 is 0 Å². The average Bonchev–Trinajstić information content (AvgIpc) is 2.48. The van der Waals surface area contributed by atoms with Gasteiger partial charge in [-0.2, -0.15) is 0 Å². The summed E-state index contributed by atoms with van der Waals surface area (Å²) in [5.41, 5.74) is 2.44. The van der Waals surface area contributed by atoms with Crippen molar-refractivity contribution in [3.8, 4) is 20.9 Å². The van der Waals surface area contributed by atoms with Crippen molar-refractivity contribution in [3.05, 3.63) is 77.3 Å². The maximum Gasteiger partial charge on any atom is 0.0405 e. The fourth-order valence-electron chi connectivity index (χ4n) is 1.97. The first kappa shape index (κ1) is 12.3. The summed E-state index contributed by atoms with van der Waals surface area (Å²) in [6.45, 7) is 0. The summed E-state index contributed by atoms with van der Waals surface area (Å²) >= 11 is 7.17. The molecule has 0 aliphatic carbocycles. The van der Waals surface area contributed by atoms with Gasteiger partial charge in [-0.1, -0.05) is 72.9 Å². The lowest BCUT2D eigenvalue weighted by molar-refractivity contribution is 1.66. The summed E-state index contributed by atoms with van der Waals surface area (Å²) in [4.78, 5) is 2.43. The molecule has 19 heavy (non-hydrogen) atoms. The van der Waals surface area contributed by atoms with E-state index in [-0.39, 0.29) is 0 Å². The fourth-order valence-corrected chi connectivity index (χ4v) is 3.47. The van der Waals surface area contributed by atoms with Gasteiger partial charge in [-0.3, -0.25) is 0 Å². The second-order valence-corrected chi connectivity index (χ2v) is 5.81. The van der Waals surface area contributed by atoms with Crippen LogP contribution in [-0.4, -0.2) is 0 Å². The summed E-state index contributed by atoms with van der Waals surface area (Å²) in [6, 6.07) is 24.9. The first-order chi connectivity index (χ1) is 9.33. The zero-order chi connectivity index (χ0) is 13.1. The highest BCUT2D eigenvalue weighted by Gasteiger charge is 2.03. The van der Waals surface area contributed by atoms with Crippen LogP contribution in [-0.2, 0) is 0 Å². The van der Waals surface area contributed by atoms with Crippen LogP contribution >= 0.6 is 23.6 Å². The molecular formula is C17H12S2. The van der Waals surface area contributed by atoms with Crippen LogP contribution < -0.4 is 0 Å². The van der Waals surface area contributed by atoms with Crippen molar-refractivity contribution in [2.75, 3.05) is 0 Å². The van der Waals surface area contributed by atoms with Crippen LogP contribution in [0.5, 0.6) is 0 Å². The largest absolute Gasteiger partial charge is 0.135 e. The predicted octanol–water partition coefficient (Wildman–Crippen LogP) is 5.81. The molecule has 0 spiro atoms. The van der Waals surface area contributed by atoms with E-state index in [1.54, 1.807) is 11.3 Å². The highest BCUT2D eigenvalue weighted by atomic mass is 32.1. The van der Waals surface area contributed by atoms with Crippen LogP contribution in [0.4, 0.5) is 0 Å². The van der Waals surface area contributed by atoms with Gasteiger partial charge >= 0.3 is 0 Å². The minimum Gasteiger partial charge on any atom is -0.135 e. The van der Waals surface area contributed by atoms with Gasteiger partial charge in [-0.05, 0) is 23.3 Å². The Morgan fingerprint density at radius 2 is 1.05 bits per heavy atom. The lowest BCUT2D eigenvalue weighted by Gasteiger charge is -2.05. The Kier molecular flexibility index (Phi) is 3.53. The first-order valence-corrected chi connectivity index (χ1v) is 7.31. The molecule has 3 aromatic rings. The molecule has 0 unspecified atom stereocenters. The van der Waals surface area contributed by atoms with E-state index in [0.717, 1.165) is 4.51 Å². The molecule has 0 aliphatic rings. The number of rotatable bonds is 2. The molecular weight excluding hydrogens is 268 g/mol. The topological polar surface area (TPSA) is 0 Å². The van der Waals surface area contributed by atoms with Gasteiger partial charge in [0.2, 0.25) is 0 Å². The Labute approximate surface area is 122 Å². The Bertz CT molecular complexity index is 667. The molecule has 2 heteroatoms. The summed E-state index contributed by atoms with van der Waals surface area (Å²) in [5.74, 6) is 0. The molecule has 0 aliphatic heterocycles. The van der Waals surface area contributed by atoms with Crippen molar-refractivity contribution in [2.24, 2.45) is 0 Å². The third kappa shape index (κ3) is 2.80. The molecule has 3 rings (SSSR count). The summed E-state index contributed by atoms with van der Waals surface area (Å²) in [6.07, 6.45) is 0. The van der Waals surface area contributed by atoms with Crippen molar-refractivity contribution in [1.29, 1.82) is 0 Å². The molecule has 0 saturated heterocycles. The van der Waals surface area contributed by atoms with Crippen molar-refractivity contribution in [3.63, 3.8) is 0 Å². The molecule has 0 amide bonds. The van der Waals surface area contributed by atoms with Gasteiger partial charge in [0.05, 0.1) is 0 Å². The van der Waals surface area contributed by atoms with Gasteiger partial charge < -0.3 is 0 Å². The molecule has 0 radical (unpaired) electrons. The summed E-state index contributed by atoms with van der Waals surface area (Å²) in [7, 11) is 0. The fraction of sp³-hybridized carbons (Fsp3) is 0. The van der Waals surface area contributed by atoms with Crippen LogP contribution in [0.25, 0.3) is 20.9 Å². The highest BCUT2D eigenvalue weighted by molar-refractivity contribution is 7.71. The normalized spacial score (nSPS) is 10.3. The SMILES string of the molecule is S=c1cc(-c2ccccc2)sc(-c2ccccc2)c1. The molecule has 0 atom stereocenters. The highest BCUT2D eigenvalue weighted by Crippen LogP contribution is 2.32. The Morgan fingerprint density at radius 3 is 1.47 bits per heavy atom. The van der Waals surface area contributed by atoms with E-state index in [0.29, 0.717) is 0 Å². The lowest BCUT2D eigenvalue weighted by Crippen LogP contribution is -1.78. The van der Waals surface area contributed by atoms with Gasteiger partial charge in [-0.25, -0.2) is 0 Å². The standard InChI is InChI=1S/C17H12S2/c18-15-11-16(13-7-3-1-4-8-13)19-17(12-15)14-9-5-2-6-10-14/h1-12H. The van der Waals surface area contributed by atoms with Crippen LogP contribution in [0.15, 0.2) is 72.8 Å². The molecule has 0 N–H and O–H groups in total. The second-order valence-electron chi connectivity index (χ2n) is 4.25. The quantitative estimate of drug-likeness (QED) is 0.534. The maximum absolute atomic E-state index is 5.39. The predicted molar refractivity (Wildman–Crippen MR) is 86.0 cm³/mol. The van der Waals surface area contributed by atoms with Crippen LogP contribution in [0.1, 0.15) is 0 Å². The first-order valence-electron chi connectivity index (χ1n) is 6.09. The minimum atomic E-state index is 0.886. The smallest absolute Gasteiger partial charge is 0.0405 e. The molecule has 2 aromatic carbocycles. The molecule has 0 bridgehead atoms. The minimum absolute atomic E-state index is 0.886. The van der Waals surface area contributed by atoms with E-state index in [9.17, 15) is 0 Å². The van der Waals surface area contributed by atoms with Crippen LogP contribution in [0.2, 0.25) is 0 Å². The molecule has 0 saturated carbocycles. The lowest BCUT2D eigenvalue weighted by atomic mass is 10.1. The monoisotopic (exact) mass is 280 g/mol. The summed E-state index contributed by atoms with van der Waals surface area (Å²) < 4.78 is 0.886. The molecule has 0 nitrogen and oxygen atoms in total. The van der Waals surface area contributed by atoms with Crippen molar-refractivity contribution < 1.29 is 0 Å². The van der Waals surface area contributed by atoms with Crippen molar-refractivity contribution >= 4 is 23.6 Å². The van der Waals surface area contributed by atoms with Gasteiger partial charge in [-0.15, -0.1) is 11.3 Å². The molecule has 92 valence electrons. The van der Waals surface area contributed by atoms with Gasteiger partial charge in [0, 0.05) is 14.3 Å². The third-order valence-electron chi connectivity index (χ3n) is 2.88. The number of hydrogen-bond donors (Lipinski definition) is 0. The van der Waals surface area contributed by atoms with Crippen LogP contribution in [0, 0.1) is 4.51 Å².